The highest BCUT2D eigenvalue weighted by molar-refractivity contribution is 5.86. The van der Waals surface area contributed by atoms with E-state index in [2.05, 4.69) is 5.10 Å². The van der Waals surface area contributed by atoms with E-state index in [4.69, 9.17) is 0 Å². The van der Waals surface area contributed by atoms with Crippen LogP contribution in [0.25, 0.3) is 0 Å². The Morgan fingerprint density at radius 2 is 2.00 bits per heavy atom. The highest BCUT2D eigenvalue weighted by Gasteiger charge is 2.38. The molecule has 76 valence electrons. The Morgan fingerprint density at radius 1 is 1.46 bits per heavy atom. The summed E-state index contributed by atoms with van der Waals surface area (Å²) in [5, 5.41) is 3.28. The van der Waals surface area contributed by atoms with Crippen LogP contribution in [0.2, 0.25) is 0 Å². The Morgan fingerprint density at radius 3 is 2.38 bits per heavy atom. The van der Waals surface area contributed by atoms with E-state index in [9.17, 15) is 18.0 Å². The number of hydrazone groups is 1. The molecule has 0 aliphatic rings. The second-order valence-electron chi connectivity index (χ2n) is 2.54. The van der Waals surface area contributed by atoms with Crippen molar-refractivity contribution in [3.05, 3.63) is 0 Å². The predicted molar refractivity (Wildman–Crippen MR) is 42.2 cm³/mol. The zero-order valence-corrected chi connectivity index (χ0v) is 7.40. The quantitative estimate of drug-likeness (QED) is 0.543. The minimum absolute atomic E-state index is 0.472. The highest BCUT2D eigenvalue weighted by Crippen LogP contribution is 2.13. The van der Waals surface area contributed by atoms with Crippen molar-refractivity contribution >= 4 is 11.6 Å². The molecule has 0 aromatic rings. The number of hydrogen-bond acceptors (Lipinski definition) is 2. The van der Waals surface area contributed by atoms with Crippen LogP contribution in [0.15, 0.2) is 5.10 Å². The molecule has 0 aromatic heterocycles. The molecule has 6 heteroatoms. The number of nitrogens with zero attached hydrogens (tertiary/aromatic N) is 1. The molecule has 1 amide bonds. The third kappa shape index (κ3) is 5.21. The van der Waals surface area contributed by atoms with Crippen LogP contribution in [-0.4, -0.2) is 17.8 Å². The fourth-order valence-electron chi connectivity index (χ4n) is 0.627. The first-order valence-corrected chi connectivity index (χ1v) is 3.78. The molecule has 13 heavy (non-hydrogen) atoms. The Labute approximate surface area is 74.0 Å². The largest absolute Gasteiger partial charge is 0.473 e. The molecule has 0 saturated heterocycles. The lowest BCUT2D eigenvalue weighted by atomic mass is 10.2. The van der Waals surface area contributed by atoms with Crippen LogP contribution >= 0.6 is 0 Å². The summed E-state index contributed by atoms with van der Waals surface area (Å²) in [5.74, 6) is -2.04. The fraction of sp³-hybridized carbons (Fsp3) is 0.714. The van der Waals surface area contributed by atoms with Crippen LogP contribution in [0.1, 0.15) is 26.7 Å². The number of carbonyl (C=O) groups excluding carboxylic acids is 1. The van der Waals surface area contributed by atoms with Gasteiger partial charge in [0.05, 0.1) is 0 Å². The molecule has 0 aliphatic heterocycles. The molecule has 0 aromatic carbocycles. The molecule has 0 saturated carbocycles. The summed E-state index contributed by atoms with van der Waals surface area (Å²) < 4.78 is 34.8. The van der Waals surface area contributed by atoms with Crippen LogP contribution in [-0.2, 0) is 4.79 Å². The molecular weight excluding hydrogens is 185 g/mol. The molecule has 0 fully saturated rings. The summed E-state index contributed by atoms with van der Waals surface area (Å²) in [5.41, 5.74) is 1.90. The minimum Gasteiger partial charge on any atom is -0.263 e. The van der Waals surface area contributed by atoms with Crippen molar-refractivity contribution in [3.8, 4) is 0 Å². The minimum atomic E-state index is -4.87. The second-order valence-corrected chi connectivity index (χ2v) is 2.54. The summed E-state index contributed by atoms with van der Waals surface area (Å²) in [6.07, 6.45) is -3.52. The van der Waals surface area contributed by atoms with E-state index in [0.29, 0.717) is 12.1 Å². The normalized spacial score (nSPS) is 12.8. The van der Waals surface area contributed by atoms with E-state index >= 15 is 0 Å². The van der Waals surface area contributed by atoms with Crippen LogP contribution in [0.3, 0.4) is 0 Å². The smallest absolute Gasteiger partial charge is 0.263 e. The zero-order valence-electron chi connectivity index (χ0n) is 7.40. The maximum absolute atomic E-state index is 11.6. The van der Waals surface area contributed by atoms with Gasteiger partial charge in [0.25, 0.3) is 0 Å². The molecule has 0 unspecified atom stereocenters. The van der Waals surface area contributed by atoms with Crippen molar-refractivity contribution in [2.75, 3.05) is 0 Å². The Balaban J connectivity index is 4.02. The van der Waals surface area contributed by atoms with Gasteiger partial charge >= 0.3 is 12.1 Å². The summed E-state index contributed by atoms with van der Waals surface area (Å²) in [7, 11) is 0. The van der Waals surface area contributed by atoms with Gasteiger partial charge in [0.1, 0.15) is 0 Å². The maximum Gasteiger partial charge on any atom is 0.473 e. The van der Waals surface area contributed by atoms with E-state index in [1.807, 2.05) is 6.92 Å². The molecule has 0 bridgehead atoms. The number of rotatable bonds is 3. The average Bonchev–Trinajstić information content (AvgIpc) is 1.99. The van der Waals surface area contributed by atoms with Crippen LogP contribution in [0, 0.1) is 0 Å². The third-order valence-electron chi connectivity index (χ3n) is 1.22. The molecule has 0 radical (unpaired) electrons. The molecule has 0 atom stereocenters. The lowest BCUT2D eigenvalue weighted by Gasteiger charge is -2.04. The van der Waals surface area contributed by atoms with Gasteiger partial charge in [-0.25, -0.2) is 5.43 Å². The molecule has 1 N–H and O–H groups in total. The summed E-state index contributed by atoms with van der Waals surface area (Å²) in [6.45, 7) is 3.42. The first kappa shape index (κ1) is 11.9. The number of nitrogens with one attached hydrogen (secondary N) is 1. The molecular formula is C7H11F3N2O. The van der Waals surface area contributed by atoms with Crippen LogP contribution < -0.4 is 5.43 Å². The lowest BCUT2D eigenvalue weighted by Crippen LogP contribution is -2.34. The monoisotopic (exact) mass is 196 g/mol. The van der Waals surface area contributed by atoms with Gasteiger partial charge in [0.2, 0.25) is 0 Å². The van der Waals surface area contributed by atoms with E-state index in [1.54, 1.807) is 6.92 Å². The summed E-state index contributed by atoms with van der Waals surface area (Å²) in [6, 6.07) is 0. The van der Waals surface area contributed by atoms with Crippen molar-refractivity contribution in [3.63, 3.8) is 0 Å². The molecule has 0 spiro atoms. The van der Waals surface area contributed by atoms with E-state index in [1.165, 1.54) is 5.43 Å². The average molecular weight is 196 g/mol. The van der Waals surface area contributed by atoms with Crippen molar-refractivity contribution in [2.24, 2.45) is 5.10 Å². The lowest BCUT2D eigenvalue weighted by molar-refractivity contribution is -0.173. The van der Waals surface area contributed by atoms with Crippen molar-refractivity contribution in [1.82, 2.24) is 5.43 Å². The Bertz CT molecular complexity index is 210. The number of carbonyl (C=O) groups is 1. The summed E-state index contributed by atoms with van der Waals surface area (Å²) in [4.78, 5) is 10.2. The van der Waals surface area contributed by atoms with Crippen LogP contribution in [0.4, 0.5) is 13.2 Å². The second kappa shape index (κ2) is 4.84. The van der Waals surface area contributed by atoms with Gasteiger partial charge < -0.3 is 0 Å². The van der Waals surface area contributed by atoms with Gasteiger partial charge in [0.15, 0.2) is 0 Å². The van der Waals surface area contributed by atoms with Gasteiger partial charge in [0, 0.05) is 5.71 Å². The van der Waals surface area contributed by atoms with Gasteiger partial charge in [-0.1, -0.05) is 13.3 Å². The fourth-order valence-corrected chi connectivity index (χ4v) is 0.627. The van der Waals surface area contributed by atoms with Crippen molar-refractivity contribution in [1.29, 1.82) is 0 Å². The Kier molecular flexibility index (Phi) is 4.44. The third-order valence-corrected chi connectivity index (χ3v) is 1.22. The van der Waals surface area contributed by atoms with E-state index in [-0.39, 0.29) is 0 Å². The maximum atomic E-state index is 11.6. The molecule has 0 heterocycles. The van der Waals surface area contributed by atoms with Crippen molar-refractivity contribution in [2.45, 2.75) is 32.9 Å². The molecule has 0 rings (SSSR count). The van der Waals surface area contributed by atoms with Gasteiger partial charge in [-0.05, 0) is 13.3 Å². The van der Waals surface area contributed by atoms with Gasteiger partial charge in [-0.3, -0.25) is 4.79 Å². The zero-order chi connectivity index (χ0) is 10.5. The van der Waals surface area contributed by atoms with Gasteiger partial charge in [-0.15, -0.1) is 0 Å². The van der Waals surface area contributed by atoms with E-state index in [0.717, 1.165) is 6.42 Å². The topological polar surface area (TPSA) is 41.5 Å². The standard InChI is InChI=1S/C7H11F3N2O/c1-3-4-5(2)11-12-6(13)7(8,9)10/h3-4H2,1-2H3,(H,12,13)/b11-5+. The molecule has 0 aliphatic carbocycles. The molecule has 3 nitrogen and oxygen atoms in total. The first-order chi connectivity index (χ1) is 5.88. The number of hydrogen-bond donors (Lipinski definition) is 1. The number of amides is 1. The van der Waals surface area contributed by atoms with Crippen molar-refractivity contribution < 1.29 is 18.0 Å². The number of alkyl halides is 3. The Hall–Kier alpha value is -1.07. The SMILES string of the molecule is CCC/C(C)=N/NC(=O)C(F)(F)F. The summed E-state index contributed by atoms with van der Waals surface area (Å²) >= 11 is 0. The number of halogens is 3. The highest BCUT2D eigenvalue weighted by atomic mass is 19.4. The van der Waals surface area contributed by atoms with Gasteiger partial charge in [-0.2, -0.15) is 18.3 Å². The first-order valence-electron chi connectivity index (χ1n) is 3.78. The van der Waals surface area contributed by atoms with Crippen LogP contribution in [0.5, 0.6) is 0 Å². The van der Waals surface area contributed by atoms with E-state index < -0.39 is 12.1 Å². The predicted octanol–water partition coefficient (Wildman–Crippen LogP) is 1.84.